The van der Waals surface area contributed by atoms with E-state index in [1.165, 1.54) is 5.57 Å². The van der Waals surface area contributed by atoms with Crippen molar-refractivity contribution < 1.29 is 18.9 Å². The smallest absolute Gasteiger partial charge is 0.303 e. The van der Waals surface area contributed by atoms with Gasteiger partial charge in [0.1, 0.15) is 0 Å². The van der Waals surface area contributed by atoms with E-state index in [9.17, 15) is 0 Å². The van der Waals surface area contributed by atoms with Gasteiger partial charge in [0.2, 0.25) is 0 Å². The van der Waals surface area contributed by atoms with E-state index in [0.717, 1.165) is 6.42 Å². The minimum atomic E-state index is 0. The fraction of sp³-hybridized carbons (Fsp3) is 0.600. The van der Waals surface area contributed by atoms with Crippen LogP contribution in [-0.4, -0.2) is 24.5 Å². The molecule has 0 saturated heterocycles. The first-order valence-corrected chi connectivity index (χ1v) is 4.00. The van der Waals surface area contributed by atoms with Crippen LogP contribution >= 0.6 is 0 Å². The van der Waals surface area contributed by atoms with Crippen molar-refractivity contribution in [3.8, 4) is 0 Å². The van der Waals surface area contributed by atoms with Crippen LogP contribution in [0.3, 0.4) is 0 Å². The van der Waals surface area contributed by atoms with Crippen molar-refractivity contribution in [3.05, 3.63) is 23.8 Å². The Labute approximate surface area is 87.7 Å². The Bertz CT molecular complexity index is 202. The summed E-state index contributed by atoms with van der Waals surface area (Å²) >= 11 is 0. The Morgan fingerprint density at radius 2 is 2.00 bits per heavy atom. The second-order valence-electron chi connectivity index (χ2n) is 3.65. The maximum absolute atomic E-state index is 3.34. The van der Waals surface area contributed by atoms with Crippen molar-refractivity contribution in [3.63, 3.8) is 0 Å². The Kier molecular flexibility index (Phi) is 4.34. The summed E-state index contributed by atoms with van der Waals surface area (Å²) in [6, 6.07) is 0. The van der Waals surface area contributed by atoms with Gasteiger partial charge in [-0.3, -0.25) is 6.08 Å². The molecule has 0 aromatic heterocycles. The molecular formula is C10H16LiN. The van der Waals surface area contributed by atoms with Crippen molar-refractivity contribution in [2.45, 2.75) is 25.8 Å². The number of allylic oxidation sites excluding steroid dienone is 2. The number of rotatable bonds is 2. The fourth-order valence-electron chi connectivity index (χ4n) is 1.07. The van der Waals surface area contributed by atoms with Gasteiger partial charge in [-0.25, -0.2) is 11.6 Å². The molecule has 0 radical (unpaired) electrons. The predicted octanol–water partition coefficient (Wildman–Crippen LogP) is -0.980. The summed E-state index contributed by atoms with van der Waals surface area (Å²) in [5.74, 6) is 0. The summed E-state index contributed by atoms with van der Waals surface area (Å²) in [6.07, 6.45) is 8.64. The summed E-state index contributed by atoms with van der Waals surface area (Å²) in [5, 5.41) is 0. The molecule has 0 amide bonds. The molecule has 62 valence electrons. The molecule has 1 nitrogen and oxygen atoms in total. The summed E-state index contributed by atoms with van der Waals surface area (Å²) in [5.41, 5.74) is 1.44. The number of likely N-dealkylation sites (N-methyl/N-ethyl adjacent to an activating group) is 1. The van der Waals surface area contributed by atoms with E-state index in [2.05, 4.69) is 51.1 Å². The van der Waals surface area contributed by atoms with Crippen molar-refractivity contribution in [1.29, 1.82) is 0 Å². The average Bonchev–Trinajstić information content (AvgIpc) is 2.37. The monoisotopic (exact) mass is 157 g/mol. The molecule has 1 aliphatic rings. The largest absolute Gasteiger partial charge is 1.00 e. The van der Waals surface area contributed by atoms with Crippen LogP contribution < -0.4 is 18.9 Å². The van der Waals surface area contributed by atoms with Crippen molar-refractivity contribution in [2.75, 3.05) is 14.1 Å². The summed E-state index contributed by atoms with van der Waals surface area (Å²) < 4.78 is 0. The molecule has 12 heavy (non-hydrogen) atoms. The van der Waals surface area contributed by atoms with Crippen LogP contribution in [0.1, 0.15) is 20.3 Å². The summed E-state index contributed by atoms with van der Waals surface area (Å²) in [7, 11) is 4.20. The van der Waals surface area contributed by atoms with Crippen LogP contribution in [0, 0.1) is 6.08 Å². The van der Waals surface area contributed by atoms with E-state index in [1.807, 2.05) is 0 Å². The second-order valence-corrected chi connectivity index (χ2v) is 3.65. The van der Waals surface area contributed by atoms with Gasteiger partial charge in [-0.1, -0.05) is 0 Å². The maximum atomic E-state index is 3.34. The van der Waals surface area contributed by atoms with Crippen LogP contribution in [0.5, 0.6) is 0 Å². The molecular weight excluding hydrogens is 141 g/mol. The standard InChI is InChI=1S/C10H16N.Li/c1-10(2,11(3)4)9-7-5-6-8-9;/h5,7H,6H2,1-4H3;/q-1;+1. The normalized spacial score (nSPS) is 16.2. The molecule has 0 N–H and O–H groups in total. The molecule has 0 unspecified atom stereocenters. The SMILES string of the molecule is CN(C)C(C)(C)C1=[C-]CC=C1.[Li+]. The minimum Gasteiger partial charge on any atom is -0.303 e. The predicted molar refractivity (Wildman–Crippen MR) is 48.3 cm³/mol. The van der Waals surface area contributed by atoms with Gasteiger partial charge in [0.25, 0.3) is 0 Å². The van der Waals surface area contributed by atoms with E-state index in [1.54, 1.807) is 0 Å². The molecule has 1 rings (SSSR count). The molecule has 0 atom stereocenters. The Morgan fingerprint density at radius 3 is 2.33 bits per heavy atom. The van der Waals surface area contributed by atoms with Crippen molar-refractivity contribution in [2.24, 2.45) is 0 Å². The van der Waals surface area contributed by atoms with Crippen LogP contribution in [-0.2, 0) is 0 Å². The number of hydrogen-bond donors (Lipinski definition) is 0. The van der Waals surface area contributed by atoms with E-state index < -0.39 is 0 Å². The molecule has 0 spiro atoms. The van der Waals surface area contributed by atoms with Gasteiger partial charge in [-0.2, -0.15) is 6.08 Å². The van der Waals surface area contributed by atoms with Crippen LogP contribution in [0.15, 0.2) is 17.7 Å². The first-order chi connectivity index (χ1) is 5.05. The molecule has 0 aromatic rings. The van der Waals surface area contributed by atoms with Crippen LogP contribution in [0.4, 0.5) is 0 Å². The van der Waals surface area contributed by atoms with E-state index >= 15 is 0 Å². The molecule has 0 bridgehead atoms. The van der Waals surface area contributed by atoms with Gasteiger partial charge in [0.15, 0.2) is 0 Å². The molecule has 0 fully saturated rings. The van der Waals surface area contributed by atoms with Crippen LogP contribution in [0.2, 0.25) is 0 Å². The zero-order valence-corrected chi connectivity index (χ0v) is 8.81. The van der Waals surface area contributed by atoms with Crippen LogP contribution in [0.25, 0.3) is 0 Å². The second kappa shape index (κ2) is 4.32. The third-order valence-corrected chi connectivity index (χ3v) is 2.47. The Balaban J connectivity index is 0.00000121. The zero-order valence-electron chi connectivity index (χ0n) is 8.81. The first kappa shape index (κ1) is 12.0. The fourth-order valence-corrected chi connectivity index (χ4v) is 1.07. The van der Waals surface area contributed by atoms with E-state index in [4.69, 9.17) is 0 Å². The maximum Gasteiger partial charge on any atom is 1.00 e. The van der Waals surface area contributed by atoms with E-state index in [0.29, 0.717) is 0 Å². The summed E-state index contributed by atoms with van der Waals surface area (Å²) in [4.78, 5) is 2.21. The molecule has 0 saturated carbocycles. The third kappa shape index (κ3) is 2.26. The molecule has 0 aromatic carbocycles. The molecule has 0 aliphatic heterocycles. The van der Waals surface area contributed by atoms with Gasteiger partial charge in [-0.05, 0) is 27.9 Å². The molecule has 1 aliphatic carbocycles. The zero-order chi connectivity index (χ0) is 8.48. The van der Waals surface area contributed by atoms with Gasteiger partial charge in [0.05, 0.1) is 0 Å². The number of hydrogen-bond acceptors (Lipinski definition) is 1. The number of nitrogens with zero attached hydrogens (tertiary/aromatic N) is 1. The van der Waals surface area contributed by atoms with Gasteiger partial charge < -0.3 is 4.90 Å². The topological polar surface area (TPSA) is 3.24 Å². The van der Waals surface area contributed by atoms with Gasteiger partial charge in [0, 0.05) is 5.54 Å². The van der Waals surface area contributed by atoms with Crippen molar-refractivity contribution >= 4 is 0 Å². The quantitative estimate of drug-likeness (QED) is 0.368. The van der Waals surface area contributed by atoms with Crippen molar-refractivity contribution in [1.82, 2.24) is 4.90 Å². The van der Waals surface area contributed by atoms with E-state index in [-0.39, 0.29) is 24.4 Å². The summed E-state index contributed by atoms with van der Waals surface area (Å²) in [6.45, 7) is 4.43. The van der Waals surface area contributed by atoms with Gasteiger partial charge >= 0.3 is 18.9 Å². The molecule has 0 heterocycles. The Hall–Kier alpha value is 0.0374. The average molecular weight is 157 g/mol. The first-order valence-electron chi connectivity index (χ1n) is 4.00. The Morgan fingerprint density at radius 1 is 1.42 bits per heavy atom. The van der Waals surface area contributed by atoms with Gasteiger partial charge in [-0.15, -0.1) is 6.42 Å². The minimum absolute atomic E-state index is 0. The third-order valence-electron chi connectivity index (χ3n) is 2.47. The molecule has 2 heteroatoms.